The molecule has 0 bridgehead atoms. The number of rotatable bonds is 3. The number of benzene rings is 2. The number of nitrogens with one attached hydrogen (secondary N) is 1. The summed E-state index contributed by atoms with van der Waals surface area (Å²) in [6.45, 7) is 1.86. The average molecular weight is 304 g/mol. The summed E-state index contributed by atoms with van der Waals surface area (Å²) in [5, 5.41) is 3.28. The Balaban J connectivity index is 2.33. The van der Waals surface area contributed by atoms with Crippen LogP contribution in [0.15, 0.2) is 42.5 Å². The van der Waals surface area contributed by atoms with Gasteiger partial charge >= 0.3 is 5.97 Å². The van der Waals surface area contributed by atoms with Crippen LogP contribution in [0.25, 0.3) is 0 Å². The SMILES string of the molecule is COC(=O)c1ccccc1C(=O)Nc1cc(Cl)ccc1C. The Morgan fingerprint density at radius 2 is 1.76 bits per heavy atom. The van der Waals surface area contributed by atoms with E-state index >= 15 is 0 Å². The third kappa shape index (κ3) is 3.41. The Bertz CT molecular complexity index is 698. The summed E-state index contributed by atoms with van der Waals surface area (Å²) in [7, 11) is 1.28. The van der Waals surface area contributed by atoms with Crippen LogP contribution in [-0.2, 0) is 4.74 Å². The number of hydrogen-bond acceptors (Lipinski definition) is 3. The molecule has 2 rings (SSSR count). The van der Waals surface area contributed by atoms with Gasteiger partial charge in [-0.1, -0.05) is 29.8 Å². The molecule has 1 N–H and O–H groups in total. The summed E-state index contributed by atoms with van der Waals surface area (Å²) in [6.07, 6.45) is 0. The van der Waals surface area contributed by atoms with E-state index in [0.29, 0.717) is 10.7 Å². The van der Waals surface area contributed by atoms with Crippen molar-refractivity contribution in [3.8, 4) is 0 Å². The molecule has 5 heteroatoms. The van der Waals surface area contributed by atoms with Crippen LogP contribution in [0.4, 0.5) is 5.69 Å². The van der Waals surface area contributed by atoms with Gasteiger partial charge in [-0.2, -0.15) is 0 Å². The predicted octanol–water partition coefficient (Wildman–Crippen LogP) is 3.69. The van der Waals surface area contributed by atoms with Crippen LogP contribution < -0.4 is 5.32 Å². The number of hydrogen-bond donors (Lipinski definition) is 1. The lowest BCUT2D eigenvalue weighted by Gasteiger charge is -2.11. The zero-order valence-corrected chi connectivity index (χ0v) is 12.4. The van der Waals surface area contributed by atoms with Crippen molar-refractivity contribution in [2.24, 2.45) is 0 Å². The van der Waals surface area contributed by atoms with Crippen molar-refractivity contribution in [3.05, 3.63) is 64.2 Å². The first-order chi connectivity index (χ1) is 10.0. The predicted molar refractivity (Wildman–Crippen MR) is 81.9 cm³/mol. The molecule has 108 valence electrons. The molecule has 0 heterocycles. The van der Waals surface area contributed by atoms with Gasteiger partial charge in [-0.3, -0.25) is 4.79 Å². The van der Waals surface area contributed by atoms with E-state index < -0.39 is 5.97 Å². The molecule has 0 fully saturated rings. The molecule has 2 aromatic carbocycles. The maximum atomic E-state index is 12.4. The molecule has 0 saturated carbocycles. The smallest absolute Gasteiger partial charge is 0.338 e. The molecule has 21 heavy (non-hydrogen) atoms. The first-order valence-corrected chi connectivity index (χ1v) is 6.65. The van der Waals surface area contributed by atoms with Crippen LogP contribution in [0.1, 0.15) is 26.3 Å². The van der Waals surface area contributed by atoms with Crippen molar-refractivity contribution in [1.82, 2.24) is 0 Å². The molecule has 0 atom stereocenters. The Labute approximate surface area is 127 Å². The quantitative estimate of drug-likeness (QED) is 0.880. The van der Waals surface area contributed by atoms with Gasteiger partial charge in [0.05, 0.1) is 18.2 Å². The molecule has 4 nitrogen and oxygen atoms in total. The van der Waals surface area contributed by atoms with Crippen LogP contribution in [-0.4, -0.2) is 19.0 Å². The van der Waals surface area contributed by atoms with Gasteiger partial charge < -0.3 is 10.1 Å². The van der Waals surface area contributed by atoms with Crippen molar-refractivity contribution < 1.29 is 14.3 Å². The highest BCUT2D eigenvalue weighted by atomic mass is 35.5. The van der Waals surface area contributed by atoms with Gasteiger partial charge in [0.1, 0.15) is 0 Å². The van der Waals surface area contributed by atoms with Gasteiger partial charge in [-0.05, 0) is 36.8 Å². The van der Waals surface area contributed by atoms with Crippen molar-refractivity contribution in [3.63, 3.8) is 0 Å². The van der Waals surface area contributed by atoms with E-state index in [1.165, 1.54) is 7.11 Å². The van der Waals surface area contributed by atoms with E-state index in [1.54, 1.807) is 36.4 Å². The molecule has 1 amide bonds. The second kappa shape index (κ2) is 6.41. The van der Waals surface area contributed by atoms with E-state index in [-0.39, 0.29) is 17.0 Å². The average Bonchev–Trinajstić information content (AvgIpc) is 2.50. The van der Waals surface area contributed by atoms with E-state index in [0.717, 1.165) is 5.56 Å². The summed E-state index contributed by atoms with van der Waals surface area (Å²) in [6, 6.07) is 11.7. The largest absolute Gasteiger partial charge is 0.465 e. The minimum atomic E-state index is -0.552. The molecule has 0 unspecified atom stereocenters. The maximum absolute atomic E-state index is 12.4. The molecular formula is C16H14ClNO3. The standard InChI is InChI=1S/C16H14ClNO3/c1-10-7-8-11(17)9-14(10)18-15(19)12-5-3-4-6-13(12)16(20)21-2/h3-9H,1-2H3,(H,18,19). The summed E-state index contributed by atoms with van der Waals surface area (Å²) in [5.41, 5.74) is 1.95. The molecule has 2 aromatic rings. The lowest BCUT2D eigenvalue weighted by molar-refractivity contribution is 0.0597. The maximum Gasteiger partial charge on any atom is 0.338 e. The van der Waals surface area contributed by atoms with Gasteiger partial charge in [0.2, 0.25) is 0 Å². The summed E-state index contributed by atoms with van der Waals surface area (Å²) >= 11 is 5.93. The first-order valence-electron chi connectivity index (χ1n) is 6.27. The van der Waals surface area contributed by atoms with Gasteiger partial charge in [0, 0.05) is 10.7 Å². The number of ether oxygens (including phenoxy) is 1. The summed E-state index contributed by atoms with van der Waals surface area (Å²) in [4.78, 5) is 24.0. The van der Waals surface area contributed by atoms with Gasteiger partial charge in [0.15, 0.2) is 0 Å². The van der Waals surface area contributed by atoms with Gasteiger partial charge in [-0.25, -0.2) is 4.79 Å². The number of esters is 1. The minimum Gasteiger partial charge on any atom is -0.465 e. The topological polar surface area (TPSA) is 55.4 Å². The number of aryl methyl sites for hydroxylation is 1. The molecule has 0 saturated heterocycles. The molecule has 0 aliphatic carbocycles. The van der Waals surface area contributed by atoms with Crippen LogP contribution in [0.5, 0.6) is 0 Å². The fourth-order valence-electron chi connectivity index (χ4n) is 1.89. The summed E-state index contributed by atoms with van der Waals surface area (Å²) < 4.78 is 4.68. The molecule has 0 spiro atoms. The zero-order valence-electron chi connectivity index (χ0n) is 11.6. The lowest BCUT2D eigenvalue weighted by Crippen LogP contribution is -2.17. The second-order valence-electron chi connectivity index (χ2n) is 4.45. The number of carbonyl (C=O) groups excluding carboxylic acids is 2. The third-order valence-corrected chi connectivity index (χ3v) is 3.26. The van der Waals surface area contributed by atoms with Crippen LogP contribution in [0.2, 0.25) is 5.02 Å². The number of methoxy groups -OCH3 is 1. The van der Waals surface area contributed by atoms with Crippen molar-refractivity contribution in [2.75, 3.05) is 12.4 Å². The number of carbonyl (C=O) groups is 2. The molecule has 0 aromatic heterocycles. The minimum absolute atomic E-state index is 0.220. The highest BCUT2D eigenvalue weighted by Gasteiger charge is 2.17. The van der Waals surface area contributed by atoms with Crippen LogP contribution in [0.3, 0.4) is 0 Å². The van der Waals surface area contributed by atoms with Crippen LogP contribution >= 0.6 is 11.6 Å². The second-order valence-corrected chi connectivity index (χ2v) is 4.89. The normalized spacial score (nSPS) is 10.0. The lowest BCUT2D eigenvalue weighted by atomic mass is 10.1. The zero-order chi connectivity index (χ0) is 15.4. The van der Waals surface area contributed by atoms with Crippen LogP contribution in [0, 0.1) is 6.92 Å². The van der Waals surface area contributed by atoms with E-state index in [9.17, 15) is 9.59 Å². The number of anilines is 1. The number of halogens is 1. The fraction of sp³-hybridized carbons (Fsp3) is 0.125. The van der Waals surface area contributed by atoms with Gasteiger partial charge in [-0.15, -0.1) is 0 Å². The Morgan fingerprint density at radius 3 is 2.43 bits per heavy atom. The number of amides is 1. The molecular weight excluding hydrogens is 290 g/mol. The molecule has 0 aliphatic heterocycles. The monoisotopic (exact) mass is 303 g/mol. The summed E-state index contributed by atoms with van der Waals surface area (Å²) in [5.74, 6) is -0.940. The highest BCUT2D eigenvalue weighted by Crippen LogP contribution is 2.21. The van der Waals surface area contributed by atoms with E-state index in [2.05, 4.69) is 10.1 Å². The third-order valence-electron chi connectivity index (χ3n) is 3.02. The Kier molecular flexibility index (Phi) is 4.60. The Morgan fingerprint density at radius 1 is 1.10 bits per heavy atom. The van der Waals surface area contributed by atoms with Crippen molar-refractivity contribution in [2.45, 2.75) is 6.92 Å². The fourth-order valence-corrected chi connectivity index (χ4v) is 2.06. The van der Waals surface area contributed by atoms with Crippen molar-refractivity contribution >= 4 is 29.2 Å². The molecule has 0 radical (unpaired) electrons. The van der Waals surface area contributed by atoms with E-state index in [1.807, 2.05) is 13.0 Å². The van der Waals surface area contributed by atoms with Crippen molar-refractivity contribution in [1.29, 1.82) is 0 Å². The first kappa shape index (κ1) is 15.1. The van der Waals surface area contributed by atoms with Gasteiger partial charge in [0.25, 0.3) is 5.91 Å². The molecule has 0 aliphatic rings. The van der Waals surface area contributed by atoms with E-state index in [4.69, 9.17) is 11.6 Å². The Hall–Kier alpha value is -2.33. The highest BCUT2D eigenvalue weighted by molar-refractivity contribution is 6.31.